The van der Waals surface area contributed by atoms with Crippen molar-refractivity contribution in [3.8, 4) is 28.6 Å². The first kappa shape index (κ1) is 29.8. The number of ether oxygens (including phenoxy) is 3. The van der Waals surface area contributed by atoms with Crippen molar-refractivity contribution in [1.29, 1.82) is 0 Å². The molecule has 214 valence electrons. The highest BCUT2D eigenvalue weighted by atomic mass is 79.9. The number of primary amides is 1. The third-order valence-electron chi connectivity index (χ3n) is 6.29. The van der Waals surface area contributed by atoms with Crippen LogP contribution in [0.3, 0.4) is 0 Å². The van der Waals surface area contributed by atoms with Gasteiger partial charge in [0.1, 0.15) is 5.75 Å². The zero-order valence-electron chi connectivity index (χ0n) is 23.7. The van der Waals surface area contributed by atoms with E-state index in [0.29, 0.717) is 51.5 Å². The number of nitrogens with zero attached hydrogens (tertiary/aromatic N) is 3. The summed E-state index contributed by atoms with van der Waals surface area (Å²) in [6.07, 6.45) is 1.56. The molecular formula is C31H33BrN4O5. The molecule has 0 bridgehead atoms. The van der Waals surface area contributed by atoms with E-state index in [-0.39, 0.29) is 18.1 Å². The second kappa shape index (κ2) is 13.0. The fraction of sp³-hybridized carbons (Fsp3) is 0.290. The summed E-state index contributed by atoms with van der Waals surface area (Å²) in [5.41, 5.74) is 8.86. The Morgan fingerprint density at radius 1 is 1.07 bits per heavy atom. The number of rotatable bonds is 11. The maximum atomic E-state index is 13.8. The van der Waals surface area contributed by atoms with Gasteiger partial charge in [0.05, 0.1) is 34.8 Å². The third kappa shape index (κ3) is 6.59. The number of amides is 1. The molecule has 0 saturated carbocycles. The minimum absolute atomic E-state index is 0.185. The SMILES string of the molecule is CCOc1cc(C)c(-c2nc3ccccc3c(=O)n2N=Cc2cc(Br)c(OCC(N)=O)c(OCC)c2)cc1C(C)C. The van der Waals surface area contributed by atoms with Crippen LogP contribution in [-0.2, 0) is 4.79 Å². The van der Waals surface area contributed by atoms with Gasteiger partial charge in [-0.1, -0.05) is 26.0 Å². The van der Waals surface area contributed by atoms with Gasteiger partial charge in [0.15, 0.2) is 23.9 Å². The highest BCUT2D eigenvalue weighted by Crippen LogP contribution is 2.37. The van der Waals surface area contributed by atoms with Gasteiger partial charge in [-0.15, -0.1) is 0 Å². The standard InChI is InChI=1S/C31H33BrN4O5/c1-6-39-26-12-19(5)23(15-22(26)18(3)4)30-35-25-11-9-8-10-21(25)31(38)36(30)34-16-20-13-24(32)29(41-17-28(33)37)27(14-20)40-7-2/h8-16,18H,6-7,17H2,1-5H3,(H2,33,37). The van der Waals surface area contributed by atoms with Gasteiger partial charge in [0.2, 0.25) is 0 Å². The van der Waals surface area contributed by atoms with E-state index >= 15 is 0 Å². The number of aryl methyl sites for hydroxylation is 1. The van der Waals surface area contributed by atoms with Crippen molar-refractivity contribution in [1.82, 2.24) is 9.66 Å². The zero-order chi connectivity index (χ0) is 29.7. The van der Waals surface area contributed by atoms with Gasteiger partial charge in [-0.2, -0.15) is 9.78 Å². The van der Waals surface area contributed by atoms with E-state index in [0.717, 1.165) is 22.4 Å². The number of para-hydroxylation sites is 1. The van der Waals surface area contributed by atoms with Crippen LogP contribution in [0.15, 0.2) is 62.9 Å². The Bertz CT molecular complexity index is 1680. The minimum atomic E-state index is -0.606. The quantitative estimate of drug-likeness (QED) is 0.212. The molecule has 0 aliphatic rings. The lowest BCUT2D eigenvalue weighted by Gasteiger charge is -2.18. The predicted octanol–water partition coefficient (Wildman–Crippen LogP) is 5.80. The van der Waals surface area contributed by atoms with E-state index in [1.54, 1.807) is 30.5 Å². The number of halogens is 1. The number of carbonyl (C=O) groups excluding carboxylic acids is 1. The molecule has 0 atom stereocenters. The molecule has 1 aromatic heterocycles. The molecule has 0 aliphatic carbocycles. The summed E-state index contributed by atoms with van der Waals surface area (Å²) in [6.45, 7) is 10.6. The molecule has 1 heterocycles. The van der Waals surface area contributed by atoms with Crippen molar-refractivity contribution >= 4 is 39.0 Å². The topological polar surface area (TPSA) is 118 Å². The van der Waals surface area contributed by atoms with Crippen LogP contribution in [0.25, 0.3) is 22.3 Å². The molecule has 0 unspecified atom stereocenters. The summed E-state index contributed by atoms with van der Waals surface area (Å²) in [5, 5.41) is 5.07. The largest absolute Gasteiger partial charge is 0.494 e. The molecular weight excluding hydrogens is 588 g/mol. The molecule has 3 aromatic carbocycles. The fourth-order valence-corrected chi connectivity index (χ4v) is 4.98. The van der Waals surface area contributed by atoms with Crippen molar-refractivity contribution in [2.45, 2.75) is 40.5 Å². The first-order valence-corrected chi connectivity index (χ1v) is 14.1. The summed E-state index contributed by atoms with van der Waals surface area (Å²) in [7, 11) is 0. The molecule has 1 amide bonds. The molecule has 4 rings (SSSR count). The summed E-state index contributed by atoms with van der Waals surface area (Å²) in [4.78, 5) is 29.9. The monoisotopic (exact) mass is 620 g/mol. The summed E-state index contributed by atoms with van der Waals surface area (Å²) >= 11 is 3.48. The first-order valence-electron chi connectivity index (χ1n) is 13.4. The summed E-state index contributed by atoms with van der Waals surface area (Å²) in [5.74, 6) is 1.55. The highest BCUT2D eigenvalue weighted by molar-refractivity contribution is 9.10. The Balaban J connectivity index is 1.90. The van der Waals surface area contributed by atoms with Crippen LogP contribution in [0.2, 0.25) is 0 Å². The average molecular weight is 622 g/mol. The molecule has 2 N–H and O–H groups in total. The van der Waals surface area contributed by atoms with Gasteiger partial charge < -0.3 is 19.9 Å². The van der Waals surface area contributed by atoms with E-state index < -0.39 is 5.91 Å². The Kier molecular flexibility index (Phi) is 9.44. The molecule has 0 fully saturated rings. The van der Waals surface area contributed by atoms with Gasteiger partial charge in [-0.05, 0) is 95.7 Å². The van der Waals surface area contributed by atoms with Gasteiger partial charge >= 0.3 is 0 Å². The predicted molar refractivity (Wildman–Crippen MR) is 164 cm³/mol. The number of carbonyl (C=O) groups is 1. The Labute approximate surface area is 247 Å². The molecule has 10 heteroatoms. The van der Waals surface area contributed by atoms with Crippen LogP contribution >= 0.6 is 15.9 Å². The van der Waals surface area contributed by atoms with E-state index in [4.69, 9.17) is 24.9 Å². The van der Waals surface area contributed by atoms with Crippen LogP contribution in [0.1, 0.15) is 50.3 Å². The maximum absolute atomic E-state index is 13.8. The minimum Gasteiger partial charge on any atom is -0.494 e. The first-order chi connectivity index (χ1) is 19.6. The Morgan fingerprint density at radius 3 is 2.46 bits per heavy atom. The van der Waals surface area contributed by atoms with E-state index in [1.165, 1.54) is 4.68 Å². The molecule has 4 aromatic rings. The van der Waals surface area contributed by atoms with Crippen molar-refractivity contribution in [3.05, 3.63) is 80.0 Å². The number of hydrogen-bond acceptors (Lipinski definition) is 7. The lowest BCUT2D eigenvalue weighted by molar-refractivity contribution is -0.119. The van der Waals surface area contributed by atoms with Crippen LogP contribution in [0.4, 0.5) is 0 Å². The van der Waals surface area contributed by atoms with Crippen LogP contribution < -0.4 is 25.5 Å². The number of hydrogen-bond donors (Lipinski definition) is 1. The van der Waals surface area contributed by atoms with Gasteiger partial charge in [-0.25, -0.2) is 4.98 Å². The van der Waals surface area contributed by atoms with Crippen molar-refractivity contribution in [2.24, 2.45) is 10.8 Å². The van der Waals surface area contributed by atoms with Crippen LogP contribution in [0.5, 0.6) is 17.2 Å². The van der Waals surface area contributed by atoms with Crippen molar-refractivity contribution < 1.29 is 19.0 Å². The van der Waals surface area contributed by atoms with Gasteiger partial charge in [0, 0.05) is 5.56 Å². The molecule has 0 saturated heterocycles. The number of nitrogens with two attached hydrogens (primary N) is 1. The van der Waals surface area contributed by atoms with Crippen LogP contribution in [0, 0.1) is 6.92 Å². The van der Waals surface area contributed by atoms with Crippen molar-refractivity contribution in [2.75, 3.05) is 19.8 Å². The Morgan fingerprint density at radius 2 is 1.78 bits per heavy atom. The normalized spacial score (nSPS) is 11.4. The second-order valence-electron chi connectivity index (χ2n) is 9.62. The summed E-state index contributed by atoms with van der Waals surface area (Å²) in [6, 6.07) is 14.7. The lowest BCUT2D eigenvalue weighted by Crippen LogP contribution is -2.21. The number of fused-ring (bicyclic) bond motifs is 1. The second-order valence-corrected chi connectivity index (χ2v) is 10.5. The average Bonchev–Trinajstić information content (AvgIpc) is 2.92. The molecule has 0 aliphatic heterocycles. The highest BCUT2D eigenvalue weighted by Gasteiger charge is 2.19. The molecule has 0 spiro atoms. The molecule has 41 heavy (non-hydrogen) atoms. The van der Waals surface area contributed by atoms with Crippen molar-refractivity contribution in [3.63, 3.8) is 0 Å². The van der Waals surface area contributed by atoms with E-state index in [2.05, 4.69) is 34.9 Å². The number of benzene rings is 3. The van der Waals surface area contributed by atoms with E-state index in [9.17, 15) is 9.59 Å². The Hall–Kier alpha value is -4.18. The van der Waals surface area contributed by atoms with E-state index in [1.807, 2.05) is 45.0 Å². The molecule has 9 nitrogen and oxygen atoms in total. The summed E-state index contributed by atoms with van der Waals surface area (Å²) < 4.78 is 19.1. The van der Waals surface area contributed by atoms with Gasteiger partial charge in [-0.3, -0.25) is 9.59 Å². The van der Waals surface area contributed by atoms with Crippen LogP contribution in [-0.4, -0.2) is 41.6 Å². The number of aromatic nitrogens is 2. The maximum Gasteiger partial charge on any atom is 0.282 e. The van der Waals surface area contributed by atoms with Gasteiger partial charge in [0.25, 0.3) is 11.5 Å². The lowest BCUT2D eigenvalue weighted by atomic mass is 9.96. The molecule has 0 radical (unpaired) electrons. The smallest absolute Gasteiger partial charge is 0.282 e. The zero-order valence-corrected chi connectivity index (χ0v) is 25.3. The third-order valence-corrected chi connectivity index (χ3v) is 6.88. The fourth-order valence-electron chi connectivity index (χ4n) is 4.41.